The summed E-state index contributed by atoms with van der Waals surface area (Å²) in [4.78, 5) is 22.5. The largest absolute Gasteiger partial charge is 0.478 e. The molecule has 2 rings (SSSR count). The summed E-state index contributed by atoms with van der Waals surface area (Å²) in [6.07, 6.45) is 0. The van der Waals surface area contributed by atoms with E-state index in [1.54, 1.807) is 6.92 Å². The Kier molecular flexibility index (Phi) is 3.47. The SMILES string of the molecule is Cc1cc(C(=O)Nc2cc(C(=O)O)c(F)cc2F)n[nH]1. The van der Waals surface area contributed by atoms with Crippen LogP contribution in [-0.2, 0) is 0 Å². The van der Waals surface area contributed by atoms with Crippen molar-refractivity contribution in [2.75, 3.05) is 5.32 Å². The van der Waals surface area contributed by atoms with Crippen LogP contribution in [0.1, 0.15) is 26.5 Å². The van der Waals surface area contributed by atoms with Gasteiger partial charge < -0.3 is 10.4 Å². The number of carboxylic acids is 1. The van der Waals surface area contributed by atoms with Gasteiger partial charge in [-0.1, -0.05) is 0 Å². The number of hydrogen-bond donors (Lipinski definition) is 3. The molecule has 1 aromatic heterocycles. The summed E-state index contributed by atoms with van der Waals surface area (Å²) < 4.78 is 26.7. The van der Waals surface area contributed by atoms with E-state index >= 15 is 0 Å². The number of aryl methyl sites for hydroxylation is 1. The lowest BCUT2D eigenvalue weighted by Crippen LogP contribution is -2.15. The van der Waals surface area contributed by atoms with E-state index in [2.05, 4.69) is 15.5 Å². The first-order valence-corrected chi connectivity index (χ1v) is 5.44. The molecule has 0 bridgehead atoms. The molecule has 1 heterocycles. The maximum atomic E-state index is 13.5. The zero-order chi connectivity index (χ0) is 14.9. The third-order valence-corrected chi connectivity index (χ3v) is 2.47. The van der Waals surface area contributed by atoms with Gasteiger partial charge in [0.05, 0.1) is 11.3 Å². The van der Waals surface area contributed by atoms with Gasteiger partial charge in [-0.3, -0.25) is 9.89 Å². The Labute approximate surface area is 111 Å². The lowest BCUT2D eigenvalue weighted by molar-refractivity contribution is 0.0691. The van der Waals surface area contributed by atoms with Crippen molar-refractivity contribution in [3.63, 3.8) is 0 Å². The Bertz CT molecular complexity index is 697. The Morgan fingerprint density at radius 3 is 2.50 bits per heavy atom. The van der Waals surface area contributed by atoms with Crippen LogP contribution in [0.15, 0.2) is 18.2 Å². The molecule has 6 nitrogen and oxygen atoms in total. The second-order valence-electron chi connectivity index (χ2n) is 4.01. The van der Waals surface area contributed by atoms with Gasteiger partial charge in [0.15, 0.2) is 5.69 Å². The second-order valence-corrected chi connectivity index (χ2v) is 4.01. The van der Waals surface area contributed by atoms with Crippen molar-refractivity contribution in [2.45, 2.75) is 6.92 Å². The third-order valence-electron chi connectivity index (χ3n) is 2.47. The Morgan fingerprint density at radius 2 is 1.95 bits per heavy atom. The number of carboxylic acid groups (broad SMARTS) is 1. The molecule has 0 saturated heterocycles. The molecular formula is C12H9F2N3O3. The minimum atomic E-state index is -1.56. The number of amides is 1. The number of carbonyl (C=O) groups excluding carboxylic acids is 1. The van der Waals surface area contributed by atoms with Gasteiger partial charge in [-0.05, 0) is 19.1 Å². The number of anilines is 1. The highest BCUT2D eigenvalue weighted by Crippen LogP contribution is 2.20. The molecule has 2 aromatic rings. The molecule has 1 aromatic carbocycles. The number of halogens is 2. The van der Waals surface area contributed by atoms with Crippen molar-refractivity contribution in [3.8, 4) is 0 Å². The van der Waals surface area contributed by atoms with Gasteiger partial charge in [-0.2, -0.15) is 5.10 Å². The fourth-order valence-electron chi connectivity index (χ4n) is 1.53. The van der Waals surface area contributed by atoms with Gasteiger partial charge in [-0.25, -0.2) is 13.6 Å². The minimum Gasteiger partial charge on any atom is -0.478 e. The van der Waals surface area contributed by atoms with Crippen molar-refractivity contribution < 1.29 is 23.5 Å². The summed E-state index contributed by atoms with van der Waals surface area (Å²) in [7, 11) is 0. The summed E-state index contributed by atoms with van der Waals surface area (Å²) in [6, 6.07) is 2.54. The van der Waals surface area contributed by atoms with E-state index in [0.29, 0.717) is 17.8 Å². The molecule has 0 aliphatic heterocycles. The Morgan fingerprint density at radius 1 is 1.25 bits per heavy atom. The zero-order valence-corrected chi connectivity index (χ0v) is 10.2. The van der Waals surface area contributed by atoms with Crippen LogP contribution in [0.4, 0.5) is 14.5 Å². The number of aromatic amines is 1. The maximum absolute atomic E-state index is 13.5. The third kappa shape index (κ3) is 2.63. The average molecular weight is 281 g/mol. The first-order chi connectivity index (χ1) is 9.38. The van der Waals surface area contributed by atoms with Crippen LogP contribution in [0.25, 0.3) is 0 Å². The van der Waals surface area contributed by atoms with E-state index in [1.807, 2.05) is 0 Å². The van der Waals surface area contributed by atoms with Crippen molar-refractivity contribution >= 4 is 17.6 Å². The van der Waals surface area contributed by atoms with Crippen molar-refractivity contribution in [2.24, 2.45) is 0 Å². The summed E-state index contributed by atoms with van der Waals surface area (Å²) in [6.45, 7) is 1.67. The number of benzene rings is 1. The Balaban J connectivity index is 2.31. The average Bonchev–Trinajstić information content (AvgIpc) is 2.79. The molecule has 3 N–H and O–H groups in total. The van der Waals surface area contributed by atoms with Gasteiger partial charge >= 0.3 is 5.97 Å². The maximum Gasteiger partial charge on any atom is 0.338 e. The van der Waals surface area contributed by atoms with E-state index in [9.17, 15) is 18.4 Å². The number of aromatic nitrogens is 2. The monoisotopic (exact) mass is 281 g/mol. The molecule has 0 aliphatic rings. The lowest BCUT2D eigenvalue weighted by atomic mass is 10.1. The van der Waals surface area contributed by atoms with Gasteiger partial charge in [0, 0.05) is 11.8 Å². The molecule has 8 heteroatoms. The number of nitrogens with one attached hydrogen (secondary N) is 2. The van der Waals surface area contributed by atoms with Crippen LogP contribution in [0.5, 0.6) is 0 Å². The van der Waals surface area contributed by atoms with Gasteiger partial charge in [0.1, 0.15) is 11.6 Å². The molecule has 0 radical (unpaired) electrons. The van der Waals surface area contributed by atoms with Gasteiger partial charge in [0.25, 0.3) is 5.91 Å². The highest BCUT2D eigenvalue weighted by Gasteiger charge is 2.18. The number of aromatic carboxylic acids is 1. The number of H-pyrrole nitrogens is 1. The molecule has 0 atom stereocenters. The van der Waals surface area contributed by atoms with E-state index in [4.69, 9.17) is 5.11 Å². The normalized spacial score (nSPS) is 10.3. The second kappa shape index (κ2) is 5.08. The van der Waals surface area contributed by atoms with Crippen LogP contribution >= 0.6 is 0 Å². The van der Waals surface area contributed by atoms with Crippen LogP contribution in [-0.4, -0.2) is 27.2 Å². The Hall–Kier alpha value is -2.77. The molecule has 0 unspecified atom stereocenters. The van der Waals surface area contributed by atoms with E-state index < -0.39 is 34.8 Å². The van der Waals surface area contributed by atoms with Crippen LogP contribution in [0.3, 0.4) is 0 Å². The topological polar surface area (TPSA) is 95.1 Å². The standard InChI is InChI=1S/C12H9F2N3O3/c1-5-2-10(17-16-5)11(18)15-9-3-6(12(19)20)7(13)4-8(9)14/h2-4H,1H3,(H,15,18)(H,16,17)(H,19,20). The number of rotatable bonds is 3. The fraction of sp³-hybridized carbons (Fsp3) is 0.0833. The molecular weight excluding hydrogens is 272 g/mol. The quantitative estimate of drug-likeness (QED) is 0.801. The van der Waals surface area contributed by atoms with Crippen LogP contribution in [0, 0.1) is 18.6 Å². The molecule has 0 spiro atoms. The predicted molar refractivity (Wildman–Crippen MR) is 64.6 cm³/mol. The summed E-state index contributed by atoms with van der Waals surface area (Å²) in [5.74, 6) is -4.60. The lowest BCUT2D eigenvalue weighted by Gasteiger charge is -2.06. The minimum absolute atomic E-state index is 0.00287. The summed E-state index contributed by atoms with van der Waals surface area (Å²) >= 11 is 0. The van der Waals surface area contributed by atoms with Crippen molar-refractivity contribution in [1.29, 1.82) is 0 Å². The first-order valence-electron chi connectivity index (χ1n) is 5.44. The first kappa shape index (κ1) is 13.7. The van der Waals surface area contributed by atoms with Gasteiger partial charge in [-0.15, -0.1) is 0 Å². The highest BCUT2D eigenvalue weighted by atomic mass is 19.1. The van der Waals surface area contributed by atoms with E-state index in [-0.39, 0.29) is 5.69 Å². The molecule has 0 saturated carbocycles. The van der Waals surface area contributed by atoms with Crippen molar-refractivity contribution in [3.05, 3.63) is 46.8 Å². The summed E-state index contributed by atoms with van der Waals surface area (Å²) in [5, 5.41) is 17.1. The van der Waals surface area contributed by atoms with Crippen LogP contribution < -0.4 is 5.32 Å². The number of nitrogens with zero attached hydrogens (tertiary/aromatic N) is 1. The molecule has 0 aliphatic carbocycles. The predicted octanol–water partition coefficient (Wildman–Crippen LogP) is 1.95. The molecule has 1 amide bonds. The molecule has 20 heavy (non-hydrogen) atoms. The van der Waals surface area contributed by atoms with Crippen LogP contribution in [0.2, 0.25) is 0 Å². The van der Waals surface area contributed by atoms with Crippen molar-refractivity contribution in [1.82, 2.24) is 10.2 Å². The molecule has 104 valence electrons. The molecule has 0 fully saturated rings. The zero-order valence-electron chi connectivity index (χ0n) is 10.2. The number of hydrogen-bond acceptors (Lipinski definition) is 3. The number of carbonyl (C=O) groups is 2. The smallest absolute Gasteiger partial charge is 0.338 e. The highest BCUT2D eigenvalue weighted by molar-refractivity contribution is 6.03. The fourth-order valence-corrected chi connectivity index (χ4v) is 1.53. The van der Waals surface area contributed by atoms with E-state index in [1.165, 1.54) is 6.07 Å². The summed E-state index contributed by atoms with van der Waals surface area (Å²) in [5.41, 5.74) is -0.543. The van der Waals surface area contributed by atoms with Gasteiger partial charge in [0.2, 0.25) is 0 Å². The van der Waals surface area contributed by atoms with E-state index in [0.717, 1.165) is 0 Å².